The maximum Gasteiger partial charge on any atom is 0.472 e. The van der Waals surface area contributed by atoms with Crippen LogP contribution in [-0.4, -0.2) is 96.7 Å². The number of rotatable bonds is 79. The van der Waals surface area contributed by atoms with Crippen molar-refractivity contribution >= 4 is 39.5 Å². The number of hydrogen-bond donors (Lipinski definition) is 3. The number of hydrogen-bond acceptors (Lipinski definition) is 15. The summed E-state index contributed by atoms with van der Waals surface area (Å²) < 4.78 is 68.7. The Morgan fingerprint density at radius 1 is 0.274 bits per heavy atom. The van der Waals surface area contributed by atoms with Gasteiger partial charge < -0.3 is 33.8 Å². The predicted octanol–water partition coefficient (Wildman–Crippen LogP) is 24.9. The van der Waals surface area contributed by atoms with Crippen molar-refractivity contribution in [2.45, 2.75) is 380 Å². The Morgan fingerprint density at radius 2 is 0.491 bits per heavy atom. The summed E-state index contributed by atoms with van der Waals surface area (Å²) >= 11 is 0. The number of aliphatic hydroxyl groups is 1. The van der Waals surface area contributed by atoms with Crippen molar-refractivity contribution in [3.63, 3.8) is 0 Å². The van der Waals surface area contributed by atoms with Crippen LogP contribution in [-0.2, 0) is 65.4 Å². The molecule has 0 radical (unpaired) electrons. The van der Waals surface area contributed by atoms with E-state index in [2.05, 4.69) is 137 Å². The van der Waals surface area contributed by atoms with Gasteiger partial charge in [-0.25, -0.2) is 9.13 Å². The minimum atomic E-state index is -4.99. The molecule has 3 N–H and O–H groups in total. The molecule has 0 saturated carbocycles. The molecule has 0 amide bonds. The Bertz CT molecular complexity index is 2430. The van der Waals surface area contributed by atoms with E-state index in [1.165, 1.54) is 109 Å². The predicted molar refractivity (Wildman–Crippen MR) is 436 cm³/mol. The van der Waals surface area contributed by atoms with Crippen molar-refractivity contribution in [1.82, 2.24) is 0 Å². The number of ether oxygens (including phenoxy) is 4. The maximum atomic E-state index is 13.1. The third kappa shape index (κ3) is 77.9. The van der Waals surface area contributed by atoms with Gasteiger partial charge in [0, 0.05) is 25.7 Å². The molecule has 5 atom stereocenters. The highest BCUT2D eigenvalue weighted by atomic mass is 31.2. The van der Waals surface area contributed by atoms with Crippen LogP contribution in [0.15, 0.2) is 109 Å². The van der Waals surface area contributed by atoms with Gasteiger partial charge in [0.25, 0.3) is 0 Å². The van der Waals surface area contributed by atoms with Gasteiger partial charge in [-0.15, -0.1) is 0 Å². The number of aliphatic hydroxyl groups excluding tert-OH is 1. The minimum absolute atomic E-state index is 0.0772. The van der Waals surface area contributed by atoms with Crippen LogP contribution < -0.4 is 0 Å². The number of carbonyl (C=O) groups excluding carboxylic acids is 4. The molecule has 0 spiro atoms. The second-order valence-electron chi connectivity index (χ2n) is 28.0. The van der Waals surface area contributed by atoms with E-state index in [-0.39, 0.29) is 25.7 Å². The molecule has 0 aromatic heterocycles. The molecule has 0 heterocycles. The van der Waals surface area contributed by atoms with Crippen LogP contribution in [0.5, 0.6) is 0 Å². The van der Waals surface area contributed by atoms with Gasteiger partial charge in [-0.2, -0.15) is 0 Å². The van der Waals surface area contributed by atoms with Crippen LogP contribution in [0, 0.1) is 0 Å². The summed E-state index contributed by atoms with van der Waals surface area (Å²) in [5, 5.41) is 10.7. The molecule has 106 heavy (non-hydrogen) atoms. The Balaban J connectivity index is 5.37. The summed E-state index contributed by atoms with van der Waals surface area (Å²) in [6, 6.07) is 0. The molecule has 0 aromatic rings. The molecule has 0 fully saturated rings. The monoisotopic (exact) mass is 1530 g/mol. The van der Waals surface area contributed by atoms with Crippen molar-refractivity contribution in [3.05, 3.63) is 109 Å². The second-order valence-corrected chi connectivity index (χ2v) is 30.9. The highest BCUT2D eigenvalue weighted by Crippen LogP contribution is 2.45. The normalized spacial score (nSPS) is 14.4. The Hall–Kier alpha value is -4.28. The van der Waals surface area contributed by atoms with Crippen LogP contribution in [0.2, 0.25) is 0 Å². The molecule has 17 nitrogen and oxygen atoms in total. The number of carbonyl (C=O) groups is 4. The number of unbranched alkanes of at least 4 members (excludes halogenated alkanes) is 35. The van der Waals surface area contributed by atoms with E-state index in [0.717, 1.165) is 173 Å². The first-order chi connectivity index (χ1) is 51.7. The molecule has 0 aliphatic rings. The van der Waals surface area contributed by atoms with Crippen molar-refractivity contribution in [2.24, 2.45) is 0 Å². The third-order valence-electron chi connectivity index (χ3n) is 17.7. The first-order valence-electron chi connectivity index (χ1n) is 42.1. The van der Waals surface area contributed by atoms with Crippen LogP contribution in [0.1, 0.15) is 362 Å². The summed E-state index contributed by atoms with van der Waals surface area (Å²) in [6.07, 6.45) is 86.2. The summed E-state index contributed by atoms with van der Waals surface area (Å²) in [7, 11) is -9.97. The number of phosphoric acid groups is 2. The van der Waals surface area contributed by atoms with Crippen LogP contribution in [0.3, 0.4) is 0 Å². The fourth-order valence-corrected chi connectivity index (χ4v) is 12.9. The number of phosphoric ester groups is 2. The standard InChI is InChI=1S/C87H152O17P2/c1-5-9-13-17-21-25-29-33-36-38-40-42-45-48-51-55-59-63-67-71-84(89)97-77-82(103-86(91)73-69-65-61-57-53-47-32-28-24-20-16-12-8-4)79-101-105(93,94)99-75-81(88)76-100-106(95,96)102-80-83(104-87(92)74-70-66-62-58-54-50-44-35-31-27-23-19-15-11-7-3)78-98-85(90)72-68-64-60-56-52-49-46-43-41-39-37-34-30-26-22-18-14-10-6-2/h10,14,21-22,25-26,33-37,40-44,49,52,81-83,88H,5-9,11-13,15-20,23-24,27-32,38-39,45-48,50-51,53-80H2,1-4H3,(H,93,94)(H,95,96)/b14-10-,25-21-,26-22-,36-33-,37-34-,42-40-,43-41-,44-35-,52-49-. The van der Waals surface area contributed by atoms with Gasteiger partial charge in [-0.1, -0.05) is 310 Å². The quantitative estimate of drug-likeness (QED) is 0.0169. The Labute approximate surface area is 645 Å². The molecule has 0 saturated heterocycles. The average Bonchev–Trinajstić information content (AvgIpc) is 0.933. The maximum absolute atomic E-state index is 13.1. The highest BCUT2D eigenvalue weighted by molar-refractivity contribution is 7.47. The lowest BCUT2D eigenvalue weighted by molar-refractivity contribution is -0.161. The van der Waals surface area contributed by atoms with Gasteiger partial charge in [-0.05, 0) is 135 Å². The van der Waals surface area contributed by atoms with E-state index >= 15 is 0 Å². The minimum Gasteiger partial charge on any atom is -0.462 e. The van der Waals surface area contributed by atoms with Gasteiger partial charge in [0.05, 0.1) is 26.4 Å². The first-order valence-corrected chi connectivity index (χ1v) is 45.1. The van der Waals surface area contributed by atoms with Crippen molar-refractivity contribution in [3.8, 4) is 0 Å². The molecule has 0 rings (SSSR count). The first kappa shape index (κ1) is 102. The summed E-state index contributed by atoms with van der Waals surface area (Å²) in [6.45, 7) is 4.72. The number of esters is 4. The summed E-state index contributed by atoms with van der Waals surface area (Å²) in [5.74, 6) is -2.21. The molecule has 612 valence electrons. The van der Waals surface area contributed by atoms with E-state index in [1.807, 2.05) is 0 Å². The van der Waals surface area contributed by atoms with Gasteiger partial charge in [0.1, 0.15) is 19.3 Å². The van der Waals surface area contributed by atoms with Crippen LogP contribution in [0.25, 0.3) is 0 Å². The van der Waals surface area contributed by atoms with Crippen molar-refractivity contribution < 1.29 is 80.2 Å². The Kier molecular flexibility index (Phi) is 75.6. The SMILES string of the molecule is CC/C=C\C/C=C\C/C=C\C/C=C\C/C=C\CCCCCC(=O)OCC(COP(=O)(O)OCC(O)COP(=O)(O)OCC(COC(=O)CCCCCCCC/C=C\C/C=C\C/C=C\CCCCC)OC(=O)CCCCCCCCCCCCCCC)OC(=O)CCCCCCC/C=C\CCCCCCCC. The molecular formula is C87H152O17P2. The Morgan fingerprint density at radius 3 is 0.792 bits per heavy atom. The van der Waals surface area contributed by atoms with E-state index in [0.29, 0.717) is 25.7 Å². The summed E-state index contributed by atoms with van der Waals surface area (Å²) in [5.41, 5.74) is 0. The van der Waals surface area contributed by atoms with E-state index in [1.54, 1.807) is 0 Å². The molecule has 5 unspecified atom stereocenters. The molecule has 0 aromatic carbocycles. The van der Waals surface area contributed by atoms with Gasteiger partial charge in [0.2, 0.25) is 0 Å². The lowest BCUT2D eigenvalue weighted by Crippen LogP contribution is -2.30. The van der Waals surface area contributed by atoms with E-state index in [9.17, 15) is 43.2 Å². The van der Waals surface area contributed by atoms with E-state index in [4.69, 9.17) is 37.0 Å². The molecule has 0 bridgehead atoms. The second kappa shape index (κ2) is 78.8. The zero-order chi connectivity index (χ0) is 77.4. The molecule has 0 aliphatic carbocycles. The van der Waals surface area contributed by atoms with Gasteiger partial charge in [-0.3, -0.25) is 37.3 Å². The van der Waals surface area contributed by atoms with Crippen molar-refractivity contribution in [2.75, 3.05) is 39.6 Å². The summed E-state index contributed by atoms with van der Waals surface area (Å²) in [4.78, 5) is 73.2. The zero-order valence-corrected chi connectivity index (χ0v) is 68.9. The third-order valence-corrected chi connectivity index (χ3v) is 19.6. The fraction of sp³-hybridized carbons (Fsp3) is 0.747. The molecule has 19 heteroatoms. The average molecular weight is 1530 g/mol. The zero-order valence-electron chi connectivity index (χ0n) is 67.1. The van der Waals surface area contributed by atoms with Gasteiger partial charge in [0.15, 0.2) is 12.2 Å². The molecule has 0 aliphatic heterocycles. The largest absolute Gasteiger partial charge is 0.472 e. The molecular weight excluding hydrogens is 1380 g/mol. The van der Waals surface area contributed by atoms with Crippen LogP contribution >= 0.6 is 15.6 Å². The number of allylic oxidation sites excluding steroid dienone is 18. The lowest BCUT2D eigenvalue weighted by atomic mass is 10.0. The van der Waals surface area contributed by atoms with E-state index < -0.39 is 97.5 Å². The topological polar surface area (TPSA) is 237 Å². The van der Waals surface area contributed by atoms with Gasteiger partial charge >= 0.3 is 39.5 Å². The van der Waals surface area contributed by atoms with Crippen LogP contribution in [0.4, 0.5) is 0 Å². The van der Waals surface area contributed by atoms with Crippen molar-refractivity contribution in [1.29, 1.82) is 0 Å². The smallest absolute Gasteiger partial charge is 0.462 e. The fourth-order valence-electron chi connectivity index (χ4n) is 11.3. The highest BCUT2D eigenvalue weighted by Gasteiger charge is 2.30. The lowest BCUT2D eigenvalue weighted by Gasteiger charge is -2.21.